The number of esters is 3. The normalized spacial score (nSPS) is 27.7. The van der Waals surface area contributed by atoms with Crippen molar-refractivity contribution < 1.29 is 50.0 Å². The van der Waals surface area contributed by atoms with Crippen molar-refractivity contribution in [2.75, 3.05) is 13.2 Å². The minimum absolute atomic E-state index is 0.284. The molecule has 0 aromatic rings. The molecule has 0 saturated heterocycles. The molecule has 4 aliphatic carbocycles. The van der Waals surface area contributed by atoms with Crippen LogP contribution in [-0.4, -0.2) is 56.0 Å². The van der Waals surface area contributed by atoms with Crippen LogP contribution in [0.3, 0.4) is 0 Å². The highest BCUT2D eigenvalue weighted by Crippen LogP contribution is 2.60. The minimum Gasteiger partial charge on any atom is -0.460 e. The summed E-state index contributed by atoms with van der Waals surface area (Å²) in [6, 6.07) is 0. The third-order valence-corrected chi connectivity index (χ3v) is 8.65. The van der Waals surface area contributed by atoms with Crippen LogP contribution in [0.15, 0.2) is 0 Å². The number of carbonyl (C=O) groups excluding carboxylic acids is 3. The van der Waals surface area contributed by atoms with Gasteiger partial charge in [-0.2, -0.15) is 17.2 Å². The summed E-state index contributed by atoms with van der Waals surface area (Å²) in [7, 11) is -5.95. The number of ether oxygens (including phenoxy) is 3. The first-order chi connectivity index (χ1) is 17.1. The van der Waals surface area contributed by atoms with E-state index in [0.717, 1.165) is 45.4 Å². The number of hydrogen-bond acceptors (Lipinski definition) is 9. The van der Waals surface area contributed by atoms with E-state index in [-0.39, 0.29) is 6.61 Å². The fourth-order valence-corrected chi connectivity index (χ4v) is 6.93. The molecule has 12 heteroatoms. The lowest BCUT2D eigenvalue weighted by molar-refractivity contribution is -0.186. The fraction of sp³-hybridized carbons (Fsp3) is 0.885. The van der Waals surface area contributed by atoms with Gasteiger partial charge in [0.1, 0.15) is 11.2 Å². The molecule has 4 rings (SSSR count). The van der Waals surface area contributed by atoms with E-state index in [1.165, 1.54) is 41.5 Å². The van der Waals surface area contributed by atoms with Gasteiger partial charge in [-0.05, 0) is 105 Å². The van der Waals surface area contributed by atoms with Crippen LogP contribution in [0.2, 0.25) is 0 Å². The van der Waals surface area contributed by atoms with Crippen LogP contribution in [-0.2, 0) is 42.9 Å². The van der Waals surface area contributed by atoms with Gasteiger partial charge in [-0.15, -0.1) is 0 Å². The summed E-state index contributed by atoms with van der Waals surface area (Å²) in [6.45, 7) is 8.35. The van der Waals surface area contributed by atoms with Gasteiger partial charge in [-0.1, -0.05) is 0 Å². The van der Waals surface area contributed by atoms with E-state index < -0.39 is 61.9 Å². The summed E-state index contributed by atoms with van der Waals surface area (Å²) in [6.07, 6.45) is 5.60. The van der Waals surface area contributed by atoms with Crippen LogP contribution < -0.4 is 0 Å². The van der Waals surface area contributed by atoms with Crippen LogP contribution in [0.5, 0.6) is 0 Å². The lowest BCUT2D eigenvalue weighted by Gasteiger charge is -2.56. The van der Waals surface area contributed by atoms with E-state index in [1.54, 1.807) is 0 Å². The molecule has 4 bridgehead atoms. The van der Waals surface area contributed by atoms with Crippen LogP contribution in [0.1, 0.15) is 87.0 Å². The predicted molar refractivity (Wildman–Crippen MR) is 131 cm³/mol. The topological polar surface area (TPSA) is 122 Å². The van der Waals surface area contributed by atoms with E-state index in [1.807, 2.05) is 0 Å². The molecule has 38 heavy (non-hydrogen) atoms. The van der Waals surface area contributed by atoms with Crippen molar-refractivity contribution in [2.24, 2.45) is 28.6 Å². The van der Waals surface area contributed by atoms with Crippen LogP contribution in [0.4, 0.5) is 8.78 Å². The lowest BCUT2D eigenvalue weighted by atomic mass is 9.50. The molecule has 0 aliphatic heterocycles. The minimum atomic E-state index is -5.95. The number of carbonyl (C=O) groups is 3. The Bertz CT molecular complexity index is 990. The Morgan fingerprint density at radius 2 is 1.16 bits per heavy atom. The third-order valence-electron chi connectivity index (χ3n) is 7.43. The maximum absolute atomic E-state index is 14.9. The summed E-state index contributed by atoms with van der Waals surface area (Å²) in [5, 5.41) is -5.06. The largest absolute Gasteiger partial charge is 0.466 e. The first-order valence-corrected chi connectivity index (χ1v) is 14.4. The molecule has 0 radical (unpaired) electrons. The van der Waals surface area contributed by atoms with E-state index in [9.17, 15) is 31.6 Å². The van der Waals surface area contributed by atoms with Gasteiger partial charge in [0.15, 0.2) is 5.41 Å². The first-order valence-electron chi connectivity index (χ1n) is 13.0. The molecule has 0 N–H and O–H groups in total. The van der Waals surface area contributed by atoms with E-state index in [4.69, 9.17) is 14.2 Å². The molecule has 4 saturated carbocycles. The van der Waals surface area contributed by atoms with Gasteiger partial charge in [0, 0.05) is 5.41 Å². The Morgan fingerprint density at radius 1 is 0.763 bits per heavy atom. The van der Waals surface area contributed by atoms with E-state index >= 15 is 0 Å². The first kappa shape index (κ1) is 30.7. The van der Waals surface area contributed by atoms with Crippen molar-refractivity contribution >= 4 is 28.0 Å². The lowest BCUT2D eigenvalue weighted by Crippen LogP contribution is -2.51. The Balaban J connectivity index is 1.71. The molecule has 0 amide bonds. The molecular formula is C26H40F2O9S. The summed E-state index contributed by atoms with van der Waals surface area (Å²) in [5.74, 6) is -3.28. The molecule has 4 aliphatic rings. The Morgan fingerprint density at radius 3 is 1.53 bits per heavy atom. The Labute approximate surface area is 223 Å². The number of rotatable bonds is 9. The number of hydrogen-bond donors (Lipinski definition) is 0. The van der Waals surface area contributed by atoms with Crippen molar-refractivity contribution in [3.63, 3.8) is 0 Å². The van der Waals surface area contributed by atoms with Gasteiger partial charge in [0.25, 0.3) is 0 Å². The summed E-state index contributed by atoms with van der Waals surface area (Å²) < 4.78 is 74.5. The number of halogens is 2. The molecule has 0 unspecified atom stereocenters. The molecule has 9 nitrogen and oxygen atoms in total. The zero-order valence-corrected chi connectivity index (χ0v) is 24.0. The van der Waals surface area contributed by atoms with Gasteiger partial charge < -0.3 is 14.2 Å². The highest BCUT2D eigenvalue weighted by Gasteiger charge is 2.59. The molecule has 4 fully saturated rings. The molecule has 0 aromatic heterocycles. The third kappa shape index (κ3) is 6.66. The quantitative estimate of drug-likeness (QED) is 0.173. The average Bonchev–Trinajstić information content (AvgIpc) is 2.72. The SMILES string of the molecule is CC(C)(C)OC(=O)C(C)(COS(=O)(=O)C(F)(F)C(=O)OCC12CC3CC(CC(C3)C1)C2)C(=O)OC(C)(C)C. The molecule has 0 aromatic carbocycles. The summed E-state index contributed by atoms with van der Waals surface area (Å²) in [5.41, 5.74) is -5.02. The second kappa shape index (κ2) is 9.98. The Hall–Kier alpha value is -1.82. The van der Waals surface area contributed by atoms with Crippen LogP contribution in [0.25, 0.3) is 0 Å². The highest BCUT2D eigenvalue weighted by molar-refractivity contribution is 7.88. The van der Waals surface area contributed by atoms with Crippen molar-refractivity contribution in [3.05, 3.63) is 0 Å². The van der Waals surface area contributed by atoms with Gasteiger partial charge in [-0.25, -0.2) is 4.79 Å². The van der Waals surface area contributed by atoms with Crippen molar-refractivity contribution in [2.45, 2.75) is 103 Å². The second-order valence-electron chi connectivity index (χ2n) is 13.6. The standard InChI is InChI=1S/C26H40F2O9S/c1-22(2,3)36-19(29)24(7,20(30)37-23(4,5)6)14-35-38(32,33)26(27,28)21(31)34-15-25-11-16-8-17(12-25)10-18(9-16)13-25/h16-18H,8-15H2,1-7H3. The zero-order valence-electron chi connectivity index (χ0n) is 23.2. The number of alkyl halides is 2. The van der Waals surface area contributed by atoms with Crippen molar-refractivity contribution in [1.82, 2.24) is 0 Å². The van der Waals surface area contributed by atoms with Gasteiger partial charge >= 0.3 is 33.3 Å². The molecule has 218 valence electrons. The zero-order chi connectivity index (χ0) is 28.9. The Kier molecular flexibility index (Phi) is 8.07. The maximum Gasteiger partial charge on any atom is 0.466 e. The predicted octanol–water partition coefficient (Wildman–Crippen LogP) is 4.37. The second-order valence-corrected chi connectivity index (χ2v) is 15.2. The molecule has 0 spiro atoms. The molecular weight excluding hydrogens is 526 g/mol. The van der Waals surface area contributed by atoms with E-state index in [0.29, 0.717) is 17.8 Å². The van der Waals surface area contributed by atoms with Gasteiger partial charge in [0.2, 0.25) is 0 Å². The fourth-order valence-electron chi connectivity index (χ4n) is 6.12. The van der Waals surface area contributed by atoms with Crippen LogP contribution >= 0.6 is 0 Å². The summed E-state index contributed by atoms with van der Waals surface area (Å²) in [4.78, 5) is 38.0. The van der Waals surface area contributed by atoms with Crippen LogP contribution in [0, 0.1) is 28.6 Å². The monoisotopic (exact) mass is 566 g/mol. The highest BCUT2D eigenvalue weighted by atomic mass is 32.2. The van der Waals surface area contributed by atoms with Gasteiger partial charge in [0.05, 0.1) is 13.2 Å². The average molecular weight is 567 g/mol. The van der Waals surface area contributed by atoms with Gasteiger partial charge in [-0.3, -0.25) is 13.8 Å². The van der Waals surface area contributed by atoms with Crippen molar-refractivity contribution in [3.8, 4) is 0 Å². The molecule has 0 atom stereocenters. The molecule has 0 heterocycles. The summed E-state index contributed by atoms with van der Waals surface area (Å²) >= 11 is 0. The maximum atomic E-state index is 14.9. The smallest absolute Gasteiger partial charge is 0.460 e. The van der Waals surface area contributed by atoms with E-state index in [2.05, 4.69) is 4.18 Å². The van der Waals surface area contributed by atoms with Crippen molar-refractivity contribution in [1.29, 1.82) is 0 Å².